The molecule has 0 radical (unpaired) electrons. The van der Waals surface area contributed by atoms with E-state index in [4.69, 9.17) is 0 Å². The normalized spacial score (nSPS) is 10.4. The number of amides is 4. The summed E-state index contributed by atoms with van der Waals surface area (Å²) in [5.74, 6) is 1.35. The molecule has 10 heteroatoms. The van der Waals surface area contributed by atoms with Crippen LogP contribution >= 0.6 is 25.3 Å². The first-order chi connectivity index (χ1) is 15.5. The summed E-state index contributed by atoms with van der Waals surface area (Å²) in [5.41, 5.74) is 0. The predicted molar refractivity (Wildman–Crippen MR) is 135 cm³/mol. The molecule has 4 N–H and O–H groups in total. The lowest BCUT2D eigenvalue weighted by Crippen LogP contribution is -2.26. The van der Waals surface area contributed by atoms with Crippen molar-refractivity contribution in [1.29, 1.82) is 0 Å². The van der Waals surface area contributed by atoms with Gasteiger partial charge in [0.15, 0.2) is 0 Å². The molecule has 0 fully saturated rings. The molecule has 0 aliphatic heterocycles. The first-order valence-corrected chi connectivity index (χ1v) is 13.0. The molecule has 32 heavy (non-hydrogen) atoms. The van der Waals surface area contributed by atoms with Crippen molar-refractivity contribution < 1.29 is 19.2 Å². The Hall–Kier alpha value is -1.42. The highest BCUT2D eigenvalue weighted by atomic mass is 32.1. The molecule has 0 aromatic heterocycles. The minimum Gasteiger partial charge on any atom is -0.356 e. The number of hydrogen-bond acceptors (Lipinski definition) is 6. The third kappa shape index (κ3) is 21.8. The quantitative estimate of drug-likeness (QED) is 0.109. The molecule has 4 amide bonds. The van der Waals surface area contributed by atoms with Gasteiger partial charge in [-0.3, -0.25) is 19.2 Å². The van der Waals surface area contributed by atoms with Gasteiger partial charge in [-0.1, -0.05) is 12.8 Å². The van der Waals surface area contributed by atoms with Crippen molar-refractivity contribution in [2.24, 2.45) is 0 Å². The zero-order chi connectivity index (χ0) is 23.9. The third-order valence-electron chi connectivity index (χ3n) is 4.73. The molecule has 0 saturated carbocycles. The summed E-state index contributed by atoms with van der Waals surface area (Å²) in [6.07, 6.45) is 8.49. The Balaban J connectivity index is 3.40. The Morgan fingerprint density at radius 3 is 0.969 bits per heavy atom. The average Bonchev–Trinajstić information content (AvgIpc) is 2.78. The van der Waals surface area contributed by atoms with Crippen LogP contribution in [0.25, 0.3) is 0 Å². The first-order valence-electron chi connectivity index (χ1n) is 11.8. The third-order valence-corrected chi connectivity index (χ3v) is 5.18. The summed E-state index contributed by atoms with van der Waals surface area (Å²) in [7, 11) is 0. The number of unbranched alkanes of at least 4 members (excludes halogenated alkanes) is 5. The van der Waals surface area contributed by atoms with E-state index in [0.717, 1.165) is 25.7 Å². The monoisotopic (exact) mass is 490 g/mol. The summed E-state index contributed by atoms with van der Waals surface area (Å²) in [5, 5.41) is 11.3. The van der Waals surface area contributed by atoms with Gasteiger partial charge in [0, 0.05) is 63.4 Å². The van der Waals surface area contributed by atoms with Gasteiger partial charge in [0.1, 0.15) is 0 Å². The van der Waals surface area contributed by atoms with E-state index in [0.29, 0.717) is 89.1 Å². The highest BCUT2D eigenvalue weighted by Crippen LogP contribution is 2.02. The van der Waals surface area contributed by atoms with Crippen LogP contribution in [0.2, 0.25) is 0 Å². The van der Waals surface area contributed by atoms with Gasteiger partial charge in [-0.25, -0.2) is 0 Å². The van der Waals surface area contributed by atoms with Crippen LogP contribution in [0.5, 0.6) is 0 Å². The highest BCUT2D eigenvalue weighted by Gasteiger charge is 2.05. The fourth-order valence-corrected chi connectivity index (χ4v) is 3.17. The maximum Gasteiger partial charge on any atom is 0.220 e. The number of thiol groups is 2. The van der Waals surface area contributed by atoms with Crippen LogP contribution in [-0.2, 0) is 19.2 Å². The van der Waals surface area contributed by atoms with Crippen molar-refractivity contribution in [2.75, 3.05) is 37.7 Å². The van der Waals surface area contributed by atoms with Crippen LogP contribution in [0.1, 0.15) is 77.0 Å². The van der Waals surface area contributed by atoms with Crippen molar-refractivity contribution in [1.82, 2.24) is 21.3 Å². The summed E-state index contributed by atoms with van der Waals surface area (Å²) in [4.78, 5) is 46.4. The first kappa shape index (κ1) is 30.6. The molecular formula is C22H42N4O4S2. The second-order valence-corrected chi connectivity index (χ2v) is 8.57. The molecule has 0 saturated heterocycles. The molecule has 0 bridgehead atoms. The average molecular weight is 491 g/mol. The molecule has 0 rings (SSSR count). The lowest BCUT2D eigenvalue weighted by molar-refractivity contribution is -0.123. The Labute approximate surface area is 204 Å². The van der Waals surface area contributed by atoms with E-state index in [-0.39, 0.29) is 23.6 Å². The Bertz CT molecular complexity index is 490. The maximum atomic E-state index is 11.8. The molecule has 0 aromatic rings. The van der Waals surface area contributed by atoms with Gasteiger partial charge in [-0.15, -0.1) is 0 Å². The van der Waals surface area contributed by atoms with Gasteiger partial charge in [0.2, 0.25) is 23.6 Å². The Kier molecular flexibility index (Phi) is 21.8. The van der Waals surface area contributed by atoms with E-state index in [1.165, 1.54) is 0 Å². The number of nitrogens with one attached hydrogen (secondary N) is 4. The summed E-state index contributed by atoms with van der Waals surface area (Å²) >= 11 is 8.07. The van der Waals surface area contributed by atoms with Crippen molar-refractivity contribution >= 4 is 48.9 Å². The number of carbonyl (C=O) groups is 4. The molecule has 0 aromatic carbocycles. The van der Waals surface area contributed by atoms with Crippen molar-refractivity contribution in [3.05, 3.63) is 0 Å². The van der Waals surface area contributed by atoms with Gasteiger partial charge < -0.3 is 21.3 Å². The van der Waals surface area contributed by atoms with Gasteiger partial charge in [0.25, 0.3) is 0 Å². The van der Waals surface area contributed by atoms with Gasteiger partial charge in [0.05, 0.1) is 0 Å². The number of rotatable bonds is 21. The largest absolute Gasteiger partial charge is 0.356 e. The van der Waals surface area contributed by atoms with E-state index < -0.39 is 0 Å². The Morgan fingerprint density at radius 2 is 0.688 bits per heavy atom. The maximum absolute atomic E-state index is 11.8. The zero-order valence-corrected chi connectivity index (χ0v) is 21.0. The lowest BCUT2D eigenvalue weighted by Gasteiger charge is -2.07. The van der Waals surface area contributed by atoms with Gasteiger partial charge >= 0.3 is 0 Å². The summed E-state index contributed by atoms with van der Waals surface area (Å²) in [6, 6.07) is 0. The predicted octanol–water partition coefficient (Wildman–Crippen LogP) is 1.99. The molecule has 186 valence electrons. The van der Waals surface area contributed by atoms with Gasteiger partial charge in [-0.2, -0.15) is 25.3 Å². The second-order valence-electron chi connectivity index (χ2n) is 7.68. The van der Waals surface area contributed by atoms with E-state index >= 15 is 0 Å². The minimum absolute atomic E-state index is 0.0141. The molecule has 0 spiro atoms. The second kappa shape index (κ2) is 22.8. The van der Waals surface area contributed by atoms with Crippen LogP contribution in [-0.4, -0.2) is 61.3 Å². The highest BCUT2D eigenvalue weighted by molar-refractivity contribution is 7.80. The smallest absolute Gasteiger partial charge is 0.220 e. The Morgan fingerprint density at radius 1 is 0.406 bits per heavy atom. The van der Waals surface area contributed by atoms with Gasteiger partial charge in [-0.05, 0) is 38.5 Å². The fourth-order valence-electron chi connectivity index (χ4n) is 2.95. The molecule has 0 heterocycles. The van der Waals surface area contributed by atoms with E-state index in [1.807, 2.05) is 0 Å². The zero-order valence-electron chi connectivity index (χ0n) is 19.3. The molecule has 0 aliphatic carbocycles. The molecule has 0 aliphatic rings. The molecular weight excluding hydrogens is 448 g/mol. The topological polar surface area (TPSA) is 116 Å². The number of hydrogen-bond donors (Lipinski definition) is 6. The van der Waals surface area contributed by atoms with Crippen molar-refractivity contribution in [3.63, 3.8) is 0 Å². The van der Waals surface area contributed by atoms with Crippen molar-refractivity contribution in [2.45, 2.75) is 77.0 Å². The molecule has 0 atom stereocenters. The summed E-state index contributed by atoms with van der Waals surface area (Å²) < 4.78 is 0. The molecule has 0 unspecified atom stereocenters. The number of carbonyl (C=O) groups excluding carboxylic acids is 4. The van der Waals surface area contributed by atoms with Crippen LogP contribution < -0.4 is 21.3 Å². The summed E-state index contributed by atoms with van der Waals surface area (Å²) in [6.45, 7) is 2.48. The van der Waals surface area contributed by atoms with Crippen LogP contribution in [0.3, 0.4) is 0 Å². The SMILES string of the molecule is O=C(CCCCC(=O)NCCCCCCNC(=O)CCCCC(=O)NCCS)NCCS. The van der Waals surface area contributed by atoms with E-state index in [1.54, 1.807) is 0 Å². The fraction of sp³-hybridized carbons (Fsp3) is 0.818. The standard InChI is InChI=1S/C22H42N4O4S2/c27-19(9-3-5-11-21(29)25-15-17-31)23-13-7-1-2-8-14-24-20(28)10-4-6-12-22(30)26-16-18-32/h31-32H,1-18H2,(H,23,27)(H,24,28)(H,25,29)(H,26,30). The lowest BCUT2D eigenvalue weighted by atomic mass is 10.1. The van der Waals surface area contributed by atoms with Crippen LogP contribution in [0, 0.1) is 0 Å². The van der Waals surface area contributed by atoms with Crippen LogP contribution in [0.4, 0.5) is 0 Å². The van der Waals surface area contributed by atoms with E-state index in [9.17, 15) is 19.2 Å². The van der Waals surface area contributed by atoms with E-state index in [2.05, 4.69) is 46.5 Å². The van der Waals surface area contributed by atoms with Crippen molar-refractivity contribution in [3.8, 4) is 0 Å². The van der Waals surface area contributed by atoms with Crippen LogP contribution in [0.15, 0.2) is 0 Å². The minimum atomic E-state index is 0.0141. The molecule has 8 nitrogen and oxygen atoms in total.